The average Bonchev–Trinajstić information content (AvgIpc) is 2.74. The van der Waals surface area contributed by atoms with Gasteiger partial charge in [0.25, 0.3) is 0 Å². The topological polar surface area (TPSA) is 75.3 Å². The lowest BCUT2D eigenvalue weighted by Gasteiger charge is -2.10. The minimum absolute atomic E-state index is 0.0701. The number of hydrogen-bond acceptors (Lipinski definition) is 3. The molecule has 5 nitrogen and oxygen atoms in total. The van der Waals surface area contributed by atoms with Crippen LogP contribution >= 0.6 is 0 Å². The zero-order valence-electron chi connectivity index (χ0n) is 12.0. The molecule has 1 unspecified atom stereocenters. The molecule has 6 heteroatoms. The lowest BCUT2D eigenvalue weighted by Crippen LogP contribution is -2.15. The van der Waals surface area contributed by atoms with E-state index in [1.54, 1.807) is 49.4 Å². The van der Waals surface area contributed by atoms with Crippen molar-refractivity contribution >= 4 is 27.3 Å². The first-order valence-corrected chi connectivity index (χ1v) is 8.59. The number of rotatable bonds is 4. The molecule has 0 spiro atoms. The number of nitrogens with one attached hydrogen (secondary N) is 2. The summed E-state index contributed by atoms with van der Waals surface area (Å²) in [7, 11) is -3.49. The predicted octanol–water partition coefficient (Wildman–Crippen LogP) is 2.68. The van der Waals surface area contributed by atoms with E-state index in [4.69, 9.17) is 0 Å². The van der Waals surface area contributed by atoms with Crippen LogP contribution in [0, 0.1) is 0 Å². The smallest absolute Gasteiger partial charge is 0.236 e. The Labute approximate surface area is 129 Å². The van der Waals surface area contributed by atoms with E-state index in [0.29, 0.717) is 5.69 Å². The summed E-state index contributed by atoms with van der Waals surface area (Å²) >= 11 is 0. The molecule has 2 N–H and O–H groups in total. The summed E-state index contributed by atoms with van der Waals surface area (Å²) in [6.45, 7) is 1.80. The van der Waals surface area contributed by atoms with E-state index in [0.717, 1.165) is 16.8 Å². The van der Waals surface area contributed by atoms with E-state index in [1.165, 1.54) is 0 Å². The lowest BCUT2D eigenvalue weighted by atomic mass is 10.0. The highest BCUT2D eigenvalue weighted by Crippen LogP contribution is 2.34. The Morgan fingerprint density at radius 3 is 2.59 bits per heavy atom. The third kappa shape index (κ3) is 2.96. The Hall–Kier alpha value is -2.34. The molecule has 1 amide bonds. The quantitative estimate of drug-likeness (QED) is 0.910. The van der Waals surface area contributed by atoms with E-state index in [-0.39, 0.29) is 17.6 Å². The second-order valence-electron chi connectivity index (χ2n) is 5.36. The fourth-order valence-electron chi connectivity index (χ4n) is 2.49. The van der Waals surface area contributed by atoms with Crippen molar-refractivity contribution in [2.24, 2.45) is 0 Å². The van der Waals surface area contributed by atoms with E-state index in [1.807, 2.05) is 6.07 Å². The van der Waals surface area contributed by atoms with Gasteiger partial charge in [-0.2, -0.15) is 0 Å². The molecule has 3 rings (SSSR count). The monoisotopic (exact) mass is 316 g/mol. The highest BCUT2D eigenvalue weighted by molar-refractivity contribution is 7.91. The fourth-order valence-corrected chi connectivity index (χ4v) is 3.68. The Morgan fingerprint density at radius 1 is 1.14 bits per heavy atom. The maximum Gasteiger partial charge on any atom is 0.236 e. The molecule has 0 radical (unpaired) electrons. The molecule has 0 aliphatic carbocycles. The molecule has 0 fully saturated rings. The number of benzene rings is 2. The minimum Gasteiger partial charge on any atom is -0.325 e. The van der Waals surface area contributed by atoms with Crippen LogP contribution in [0.4, 0.5) is 11.4 Å². The van der Waals surface area contributed by atoms with Crippen molar-refractivity contribution < 1.29 is 13.2 Å². The molecule has 0 saturated heterocycles. The van der Waals surface area contributed by atoms with Gasteiger partial charge < -0.3 is 5.32 Å². The Balaban J connectivity index is 1.80. The third-order valence-corrected chi connectivity index (χ3v) is 4.90. The molecule has 0 bridgehead atoms. The summed E-state index contributed by atoms with van der Waals surface area (Å²) in [5.41, 5.74) is 2.74. The number of amides is 1. The molecular formula is C16H16N2O3S. The molecule has 2 aromatic carbocycles. The molecular weight excluding hydrogens is 300 g/mol. The van der Waals surface area contributed by atoms with E-state index in [2.05, 4.69) is 10.0 Å². The summed E-state index contributed by atoms with van der Waals surface area (Å²) in [5, 5.41) is 2.76. The normalized spacial score (nSPS) is 17.0. The summed E-state index contributed by atoms with van der Waals surface area (Å²) in [4.78, 5) is 11.6. The third-order valence-electron chi connectivity index (χ3n) is 3.64. The molecule has 1 atom stereocenters. The fraction of sp³-hybridized carbons (Fsp3) is 0.188. The molecule has 1 aliphatic heterocycles. The molecule has 114 valence electrons. The van der Waals surface area contributed by atoms with E-state index in [9.17, 15) is 13.2 Å². The first-order chi connectivity index (χ1) is 10.4. The molecule has 0 saturated carbocycles. The van der Waals surface area contributed by atoms with Crippen LogP contribution in [0.1, 0.15) is 24.0 Å². The summed E-state index contributed by atoms with van der Waals surface area (Å²) in [5.74, 6) is -0.426. The van der Waals surface area contributed by atoms with E-state index < -0.39 is 10.0 Å². The van der Waals surface area contributed by atoms with Gasteiger partial charge in [0.2, 0.25) is 15.9 Å². The van der Waals surface area contributed by atoms with Crippen LogP contribution in [0.25, 0.3) is 0 Å². The van der Waals surface area contributed by atoms with Gasteiger partial charge >= 0.3 is 0 Å². The maximum absolute atomic E-state index is 12.2. The molecule has 2 aromatic rings. The van der Waals surface area contributed by atoms with Gasteiger partial charge in [-0.05, 0) is 36.2 Å². The molecule has 1 aliphatic rings. The standard InChI is InChI=1S/C16H16N2O3S/c1-11-14-9-13(7-8-15(14)17-16(11)19)18-22(20,21)10-12-5-3-2-4-6-12/h2-9,11,18H,10H2,1H3,(H,17,19). The second-order valence-corrected chi connectivity index (χ2v) is 7.08. The first kappa shape index (κ1) is 14.6. The van der Waals surface area contributed by atoms with Gasteiger partial charge in [0.1, 0.15) is 0 Å². The Bertz CT molecular complexity index is 817. The number of sulfonamides is 1. The van der Waals surface area contributed by atoms with Gasteiger partial charge in [-0.25, -0.2) is 8.42 Å². The predicted molar refractivity (Wildman–Crippen MR) is 86.2 cm³/mol. The van der Waals surface area contributed by atoms with Crippen molar-refractivity contribution in [1.82, 2.24) is 0 Å². The Morgan fingerprint density at radius 2 is 1.86 bits per heavy atom. The summed E-state index contributed by atoms with van der Waals surface area (Å²) in [6.07, 6.45) is 0. The van der Waals surface area contributed by atoms with Crippen LogP contribution in [0.5, 0.6) is 0 Å². The van der Waals surface area contributed by atoms with Gasteiger partial charge in [-0.3, -0.25) is 9.52 Å². The number of carbonyl (C=O) groups is 1. The van der Waals surface area contributed by atoms with Crippen LogP contribution < -0.4 is 10.0 Å². The van der Waals surface area contributed by atoms with Crippen molar-refractivity contribution in [3.63, 3.8) is 0 Å². The first-order valence-electron chi connectivity index (χ1n) is 6.94. The molecule has 1 heterocycles. The Kier molecular flexibility index (Phi) is 3.62. The minimum atomic E-state index is -3.49. The van der Waals surface area contributed by atoms with Crippen molar-refractivity contribution in [2.75, 3.05) is 10.0 Å². The van der Waals surface area contributed by atoms with Crippen LogP contribution in [-0.4, -0.2) is 14.3 Å². The van der Waals surface area contributed by atoms with Crippen molar-refractivity contribution in [3.05, 3.63) is 59.7 Å². The van der Waals surface area contributed by atoms with Crippen molar-refractivity contribution in [3.8, 4) is 0 Å². The summed E-state index contributed by atoms with van der Waals surface area (Å²) < 4.78 is 27.0. The number of fused-ring (bicyclic) bond motifs is 1. The van der Waals surface area contributed by atoms with Crippen LogP contribution in [0.3, 0.4) is 0 Å². The lowest BCUT2D eigenvalue weighted by molar-refractivity contribution is -0.116. The van der Waals surface area contributed by atoms with Gasteiger partial charge in [0.05, 0.1) is 11.7 Å². The van der Waals surface area contributed by atoms with Crippen molar-refractivity contribution in [1.29, 1.82) is 0 Å². The van der Waals surface area contributed by atoms with Gasteiger partial charge in [0, 0.05) is 11.4 Å². The zero-order chi connectivity index (χ0) is 15.7. The average molecular weight is 316 g/mol. The second kappa shape index (κ2) is 5.46. The van der Waals surface area contributed by atoms with Crippen LogP contribution in [0.2, 0.25) is 0 Å². The van der Waals surface area contributed by atoms with Crippen LogP contribution in [0.15, 0.2) is 48.5 Å². The number of anilines is 2. The van der Waals surface area contributed by atoms with Crippen LogP contribution in [-0.2, 0) is 20.6 Å². The maximum atomic E-state index is 12.2. The van der Waals surface area contributed by atoms with Crippen molar-refractivity contribution in [2.45, 2.75) is 18.6 Å². The van der Waals surface area contributed by atoms with E-state index >= 15 is 0 Å². The SMILES string of the molecule is CC1C(=O)Nc2ccc(NS(=O)(=O)Cc3ccccc3)cc21. The molecule has 22 heavy (non-hydrogen) atoms. The largest absolute Gasteiger partial charge is 0.325 e. The summed E-state index contributed by atoms with van der Waals surface area (Å²) in [6, 6.07) is 14.1. The number of hydrogen-bond donors (Lipinski definition) is 2. The highest BCUT2D eigenvalue weighted by Gasteiger charge is 2.26. The van der Waals surface area contributed by atoms with Gasteiger partial charge in [-0.15, -0.1) is 0 Å². The van der Waals surface area contributed by atoms with Gasteiger partial charge in [-0.1, -0.05) is 30.3 Å². The zero-order valence-corrected chi connectivity index (χ0v) is 12.9. The highest BCUT2D eigenvalue weighted by atomic mass is 32.2. The molecule has 0 aromatic heterocycles. The number of carbonyl (C=O) groups excluding carboxylic acids is 1. The van der Waals surface area contributed by atoms with Gasteiger partial charge in [0.15, 0.2) is 0 Å².